The van der Waals surface area contributed by atoms with Gasteiger partial charge in [0.2, 0.25) is 0 Å². The average molecular weight is 315 g/mol. The van der Waals surface area contributed by atoms with Gasteiger partial charge in [0.25, 0.3) is 5.91 Å². The number of nitriles is 1. The molecule has 1 heterocycles. The van der Waals surface area contributed by atoms with E-state index >= 15 is 0 Å². The van der Waals surface area contributed by atoms with Crippen LogP contribution >= 0.6 is 0 Å². The maximum Gasteiger partial charge on any atom is 0.275 e. The smallest absolute Gasteiger partial charge is 0.275 e. The van der Waals surface area contributed by atoms with Crippen LogP contribution in [-0.2, 0) is 4.79 Å². The number of hydrogen-bond acceptors (Lipinski definition) is 5. The van der Waals surface area contributed by atoms with Crippen molar-refractivity contribution in [3.8, 4) is 6.07 Å². The van der Waals surface area contributed by atoms with Crippen LogP contribution in [0.4, 0.5) is 0 Å². The van der Waals surface area contributed by atoms with Gasteiger partial charge in [-0.3, -0.25) is 9.59 Å². The van der Waals surface area contributed by atoms with Crippen LogP contribution in [0.25, 0.3) is 0 Å². The Bertz CT molecular complexity index is 694. The van der Waals surface area contributed by atoms with Gasteiger partial charge in [0, 0.05) is 19.0 Å². The third-order valence-electron chi connectivity index (χ3n) is 4.28. The highest BCUT2D eigenvalue weighted by Gasteiger charge is 2.36. The van der Waals surface area contributed by atoms with E-state index in [4.69, 9.17) is 9.68 Å². The van der Waals surface area contributed by atoms with Gasteiger partial charge in [0.15, 0.2) is 17.9 Å². The second kappa shape index (κ2) is 6.37. The summed E-state index contributed by atoms with van der Waals surface area (Å²) in [6.07, 6.45) is 4.38. The first-order chi connectivity index (χ1) is 10.8. The summed E-state index contributed by atoms with van der Waals surface area (Å²) < 4.78 is 5.06. The molecule has 1 amide bonds. The molecule has 2 rings (SSSR count). The lowest BCUT2D eigenvalue weighted by Crippen LogP contribution is -2.34. The summed E-state index contributed by atoms with van der Waals surface area (Å²) in [5.74, 6) is 0.315. The fourth-order valence-electron chi connectivity index (χ4n) is 2.91. The Morgan fingerprint density at radius 3 is 2.83 bits per heavy atom. The number of aromatic nitrogens is 1. The molecule has 1 aromatic heterocycles. The van der Waals surface area contributed by atoms with Crippen molar-refractivity contribution < 1.29 is 14.0 Å². The zero-order chi connectivity index (χ0) is 17.2. The van der Waals surface area contributed by atoms with Crippen molar-refractivity contribution in [3.63, 3.8) is 0 Å². The summed E-state index contributed by atoms with van der Waals surface area (Å²) in [5, 5.41) is 9.11. The molecule has 1 aromatic rings. The Morgan fingerprint density at radius 1 is 1.57 bits per heavy atom. The van der Waals surface area contributed by atoms with Crippen molar-refractivity contribution in [1.29, 1.82) is 5.26 Å². The predicted molar refractivity (Wildman–Crippen MR) is 83.4 cm³/mol. The molecule has 0 aromatic carbocycles. The molecule has 0 aliphatic heterocycles. The van der Waals surface area contributed by atoms with Gasteiger partial charge in [0.05, 0.1) is 5.57 Å². The van der Waals surface area contributed by atoms with Crippen molar-refractivity contribution in [2.45, 2.75) is 33.6 Å². The molecule has 1 aliphatic rings. The second-order valence-corrected chi connectivity index (χ2v) is 6.64. The number of aryl methyl sites for hydroxylation is 1. The number of ketones is 1. The number of amides is 1. The Morgan fingerprint density at radius 2 is 2.26 bits per heavy atom. The first kappa shape index (κ1) is 16.9. The minimum Gasteiger partial charge on any atom is -0.448 e. The normalized spacial score (nSPS) is 19.9. The third-order valence-corrected chi connectivity index (χ3v) is 4.28. The average Bonchev–Trinajstić information content (AvgIpc) is 2.93. The number of hydrogen-bond donors (Lipinski definition) is 0. The first-order valence-corrected chi connectivity index (χ1v) is 7.58. The van der Waals surface area contributed by atoms with Gasteiger partial charge in [-0.2, -0.15) is 5.26 Å². The molecule has 6 heteroatoms. The van der Waals surface area contributed by atoms with Crippen molar-refractivity contribution >= 4 is 11.7 Å². The molecule has 6 nitrogen and oxygen atoms in total. The fourth-order valence-corrected chi connectivity index (χ4v) is 2.91. The van der Waals surface area contributed by atoms with Crippen molar-refractivity contribution in [2.75, 3.05) is 13.6 Å². The molecule has 0 N–H and O–H groups in total. The lowest BCUT2D eigenvalue weighted by atomic mass is 9.71. The summed E-state index contributed by atoms with van der Waals surface area (Å²) >= 11 is 0. The molecule has 1 aliphatic carbocycles. The minimum atomic E-state index is -0.532. The Kier molecular flexibility index (Phi) is 4.69. The van der Waals surface area contributed by atoms with Crippen LogP contribution in [0.1, 0.15) is 42.9 Å². The number of nitrogens with zero attached hydrogens (tertiary/aromatic N) is 3. The largest absolute Gasteiger partial charge is 0.448 e. The van der Waals surface area contributed by atoms with Crippen molar-refractivity contribution in [1.82, 2.24) is 9.88 Å². The Hall–Kier alpha value is -2.42. The first-order valence-electron chi connectivity index (χ1n) is 7.58. The molecule has 0 fully saturated rings. The van der Waals surface area contributed by atoms with E-state index in [0.29, 0.717) is 30.8 Å². The molecular weight excluding hydrogens is 294 g/mol. The van der Waals surface area contributed by atoms with E-state index in [-0.39, 0.29) is 23.2 Å². The Labute approximate surface area is 135 Å². The van der Waals surface area contributed by atoms with E-state index in [9.17, 15) is 9.59 Å². The maximum atomic E-state index is 12.3. The molecule has 23 heavy (non-hydrogen) atoms. The van der Waals surface area contributed by atoms with E-state index in [1.54, 1.807) is 24.9 Å². The number of carbonyl (C=O) groups is 2. The topological polar surface area (TPSA) is 87.2 Å². The molecule has 0 radical (unpaired) electrons. The van der Waals surface area contributed by atoms with Crippen LogP contribution in [0.2, 0.25) is 0 Å². The monoisotopic (exact) mass is 315 g/mol. The van der Waals surface area contributed by atoms with Crippen LogP contribution in [0.5, 0.6) is 0 Å². The van der Waals surface area contributed by atoms with E-state index < -0.39 is 5.41 Å². The highest BCUT2D eigenvalue weighted by Crippen LogP contribution is 2.36. The summed E-state index contributed by atoms with van der Waals surface area (Å²) in [6, 6.07) is 1.99. The fraction of sp³-hybridized carbons (Fsp3) is 0.529. The quantitative estimate of drug-likeness (QED) is 0.852. The van der Waals surface area contributed by atoms with Crippen LogP contribution in [0, 0.1) is 29.6 Å². The van der Waals surface area contributed by atoms with E-state index in [2.05, 4.69) is 4.98 Å². The molecule has 1 atom stereocenters. The van der Waals surface area contributed by atoms with E-state index in [1.807, 2.05) is 19.9 Å². The van der Waals surface area contributed by atoms with Gasteiger partial charge in [-0.05, 0) is 25.7 Å². The van der Waals surface area contributed by atoms with Gasteiger partial charge in [-0.15, -0.1) is 0 Å². The highest BCUT2D eigenvalue weighted by atomic mass is 16.3. The van der Waals surface area contributed by atoms with Crippen molar-refractivity contribution in [2.24, 2.45) is 11.3 Å². The number of allylic oxidation sites excluding steroid dienone is 2. The zero-order valence-corrected chi connectivity index (χ0v) is 13.9. The third kappa shape index (κ3) is 3.50. The number of rotatable bonds is 4. The number of oxazole rings is 1. The van der Waals surface area contributed by atoms with Crippen LogP contribution in [0.15, 0.2) is 22.5 Å². The van der Waals surface area contributed by atoms with Gasteiger partial charge in [-0.1, -0.05) is 19.9 Å². The van der Waals surface area contributed by atoms with Crippen LogP contribution in [0.3, 0.4) is 0 Å². The molecule has 0 saturated carbocycles. The van der Waals surface area contributed by atoms with Gasteiger partial charge in [0.1, 0.15) is 11.8 Å². The lowest BCUT2D eigenvalue weighted by Gasteiger charge is -2.32. The molecular formula is C17H21N3O3. The van der Waals surface area contributed by atoms with Gasteiger partial charge in [-0.25, -0.2) is 4.98 Å². The SMILES string of the molecule is Cc1ocnc1C(=O)N(C)CCC1C=C(C#N)C(=O)C(C)(C)C1. The Balaban J connectivity index is 2.02. The summed E-state index contributed by atoms with van der Waals surface area (Å²) in [7, 11) is 1.71. The summed E-state index contributed by atoms with van der Waals surface area (Å²) in [5.41, 5.74) is 0.0166. The molecule has 0 bridgehead atoms. The standard InChI is InChI=1S/C17H21N3O3/c1-11-14(19-10-23-11)16(22)20(4)6-5-12-7-13(9-18)15(21)17(2,3)8-12/h7,10,12H,5-6,8H2,1-4H3. The van der Waals surface area contributed by atoms with Crippen LogP contribution in [-0.4, -0.2) is 35.2 Å². The molecule has 122 valence electrons. The van der Waals surface area contributed by atoms with Crippen LogP contribution < -0.4 is 0 Å². The second-order valence-electron chi connectivity index (χ2n) is 6.64. The molecule has 0 spiro atoms. The van der Waals surface area contributed by atoms with Gasteiger partial charge < -0.3 is 9.32 Å². The maximum absolute atomic E-state index is 12.3. The lowest BCUT2D eigenvalue weighted by molar-refractivity contribution is -0.124. The van der Waals surface area contributed by atoms with E-state index in [0.717, 1.165) is 0 Å². The zero-order valence-electron chi connectivity index (χ0n) is 13.9. The van der Waals surface area contributed by atoms with E-state index in [1.165, 1.54) is 6.39 Å². The summed E-state index contributed by atoms with van der Waals surface area (Å²) in [4.78, 5) is 29.9. The number of Topliss-reactive ketones (excluding diaryl/α,β-unsaturated/α-hetero) is 1. The molecule has 1 unspecified atom stereocenters. The van der Waals surface area contributed by atoms with Gasteiger partial charge >= 0.3 is 0 Å². The predicted octanol–water partition coefficient (Wildman–Crippen LogP) is 2.51. The molecule has 0 saturated heterocycles. The number of carbonyl (C=O) groups excluding carboxylic acids is 2. The minimum absolute atomic E-state index is 0.0982. The highest BCUT2D eigenvalue weighted by molar-refractivity contribution is 6.03. The van der Waals surface area contributed by atoms with Crippen molar-refractivity contribution in [3.05, 3.63) is 29.5 Å². The summed E-state index contributed by atoms with van der Waals surface area (Å²) in [6.45, 7) is 5.95.